The second kappa shape index (κ2) is 4.71. The Kier molecular flexibility index (Phi) is 2.91. The highest BCUT2D eigenvalue weighted by Gasteiger charge is 2.35. The summed E-state index contributed by atoms with van der Waals surface area (Å²) >= 11 is 0. The van der Waals surface area contributed by atoms with Crippen LogP contribution >= 0.6 is 0 Å². The lowest BCUT2D eigenvalue weighted by molar-refractivity contribution is 0.358. The Bertz CT molecular complexity index is 797. The first kappa shape index (κ1) is 13.6. The number of hydrogen-bond donors (Lipinski definition) is 0. The molecule has 22 heavy (non-hydrogen) atoms. The van der Waals surface area contributed by atoms with Crippen molar-refractivity contribution in [3.05, 3.63) is 82.9 Å². The third kappa shape index (κ3) is 1.90. The van der Waals surface area contributed by atoms with E-state index in [9.17, 15) is 0 Å². The van der Waals surface area contributed by atoms with Crippen LogP contribution < -0.4 is 0 Å². The molecule has 0 nitrogen and oxygen atoms in total. The number of fused-ring (bicyclic) bond motifs is 4. The molecular weight excluding hydrogens is 264 g/mol. The van der Waals surface area contributed by atoms with Gasteiger partial charge < -0.3 is 0 Å². The van der Waals surface area contributed by atoms with Crippen molar-refractivity contribution in [1.29, 1.82) is 0 Å². The van der Waals surface area contributed by atoms with E-state index in [2.05, 4.69) is 81.5 Å². The largest absolute Gasteiger partial charge is 0.0795 e. The van der Waals surface area contributed by atoms with Crippen molar-refractivity contribution in [2.45, 2.75) is 33.1 Å². The fourth-order valence-corrected chi connectivity index (χ4v) is 4.13. The third-order valence-electron chi connectivity index (χ3n) is 4.96. The molecule has 1 atom stereocenters. The SMILES string of the molecule is CC(C)(C)C1c2ccccc2C2=C(CC=C2)c2ccccc21. The van der Waals surface area contributed by atoms with Crippen molar-refractivity contribution >= 4 is 11.1 Å². The summed E-state index contributed by atoms with van der Waals surface area (Å²) in [5.74, 6) is 0.430. The Labute approximate surface area is 133 Å². The predicted octanol–water partition coefficient (Wildman–Crippen LogP) is 6.05. The maximum Gasteiger partial charge on any atom is 0.0150 e. The second-order valence-electron chi connectivity index (χ2n) is 7.47. The monoisotopic (exact) mass is 286 g/mol. The average Bonchev–Trinajstić information content (AvgIpc) is 2.92. The summed E-state index contributed by atoms with van der Waals surface area (Å²) in [6.45, 7) is 7.08. The van der Waals surface area contributed by atoms with Crippen molar-refractivity contribution < 1.29 is 0 Å². The summed E-state index contributed by atoms with van der Waals surface area (Å²) in [6.07, 6.45) is 5.67. The van der Waals surface area contributed by atoms with Crippen LogP contribution in [-0.4, -0.2) is 0 Å². The Morgan fingerprint density at radius 2 is 1.41 bits per heavy atom. The quantitative estimate of drug-likeness (QED) is 0.553. The maximum atomic E-state index is 2.36. The van der Waals surface area contributed by atoms with Crippen LogP contribution in [0.15, 0.2) is 60.7 Å². The standard InChI is InChI=1S/C22H22/c1-22(2,3)21-19-11-6-4-9-17(19)15-13-8-14-16(15)18-10-5-7-12-20(18)21/h4-13,21H,14H2,1-3H3. The minimum Gasteiger partial charge on any atom is -0.0795 e. The average molecular weight is 286 g/mol. The fraction of sp³-hybridized carbons (Fsp3) is 0.273. The molecule has 4 rings (SSSR count). The van der Waals surface area contributed by atoms with E-state index in [1.54, 1.807) is 0 Å². The van der Waals surface area contributed by atoms with Crippen molar-refractivity contribution in [1.82, 2.24) is 0 Å². The van der Waals surface area contributed by atoms with Crippen LogP contribution in [0.3, 0.4) is 0 Å². The van der Waals surface area contributed by atoms with Crippen molar-refractivity contribution in [2.24, 2.45) is 5.41 Å². The maximum absolute atomic E-state index is 2.36. The first-order valence-corrected chi connectivity index (χ1v) is 8.15. The van der Waals surface area contributed by atoms with Gasteiger partial charge >= 0.3 is 0 Å². The summed E-state index contributed by atoms with van der Waals surface area (Å²) in [6, 6.07) is 18.0. The van der Waals surface area contributed by atoms with Crippen LogP contribution in [0, 0.1) is 5.41 Å². The molecule has 0 spiro atoms. The molecule has 0 bridgehead atoms. The minimum absolute atomic E-state index is 0.190. The molecule has 0 fully saturated rings. The molecule has 0 aromatic heterocycles. The van der Waals surface area contributed by atoms with E-state index < -0.39 is 0 Å². The first-order chi connectivity index (χ1) is 10.6. The zero-order valence-corrected chi connectivity index (χ0v) is 13.6. The Balaban J connectivity index is 2.11. The predicted molar refractivity (Wildman–Crippen MR) is 94.8 cm³/mol. The highest BCUT2D eigenvalue weighted by Crippen LogP contribution is 2.51. The lowest BCUT2D eigenvalue weighted by Crippen LogP contribution is -2.21. The van der Waals surface area contributed by atoms with Gasteiger partial charge in [-0.25, -0.2) is 0 Å². The molecule has 0 aliphatic heterocycles. The van der Waals surface area contributed by atoms with Crippen LogP contribution in [0.1, 0.15) is 55.4 Å². The second-order valence-corrected chi connectivity index (χ2v) is 7.47. The van der Waals surface area contributed by atoms with E-state index in [1.807, 2.05) is 0 Å². The Morgan fingerprint density at radius 3 is 2.09 bits per heavy atom. The highest BCUT2D eigenvalue weighted by atomic mass is 14.4. The normalized spacial score (nSPS) is 19.5. The Morgan fingerprint density at radius 1 is 0.818 bits per heavy atom. The topological polar surface area (TPSA) is 0 Å². The summed E-state index contributed by atoms with van der Waals surface area (Å²) in [4.78, 5) is 0. The van der Waals surface area contributed by atoms with Gasteiger partial charge in [0.1, 0.15) is 0 Å². The molecule has 0 radical (unpaired) electrons. The molecule has 0 heterocycles. The van der Waals surface area contributed by atoms with E-state index in [0.29, 0.717) is 5.92 Å². The molecule has 1 unspecified atom stereocenters. The van der Waals surface area contributed by atoms with Crippen molar-refractivity contribution in [2.75, 3.05) is 0 Å². The summed E-state index contributed by atoms with van der Waals surface area (Å²) < 4.78 is 0. The first-order valence-electron chi connectivity index (χ1n) is 8.15. The molecule has 110 valence electrons. The van der Waals surface area contributed by atoms with Gasteiger partial charge in [-0.1, -0.05) is 81.5 Å². The van der Waals surface area contributed by atoms with Crippen LogP contribution in [-0.2, 0) is 0 Å². The van der Waals surface area contributed by atoms with E-state index in [0.717, 1.165) is 6.42 Å². The minimum atomic E-state index is 0.190. The van der Waals surface area contributed by atoms with Crippen LogP contribution in [0.4, 0.5) is 0 Å². The van der Waals surface area contributed by atoms with Gasteiger partial charge in [0.2, 0.25) is 0 Å². The Hall–Kier alpha value is -2.08. The van der Waals surface area contributed by atoms with E-state index in [-0.39, 0.29) is 5.41 Å². The van der Waals surface area contributed by atoms with Gasteiger partial charge in [0.25, 0.3) is 0 Å². The van der Waals surface area contributed by atoms with E-state index in [1.165, 1.54) is 33.4 Å². The van der Waals surface area contributed by atoms with Crippen molar-refractivity contribution in [3.8, 4) is 0 Å². The molecule has 2 aliphatic rings. The van der Waals surface area contributed by atoms with Gasteiger partial charge in [0, 0.05) is 5.92 Å². The van der Waals surface area contributed by atoms with E-state index >= 15 is 0 Å². The lowest BCUT2D eigenvalue weighted by Gasteiger charge is -2.33. The van der Waals surface area contributed by atoms with Crippen LogP contribution in [0.25, 0.3) is 11.1 Å². The number of rotatable bonds is 0. The van der Waals surface area contributed by atoms with Gasteiger partial charge in [0.05, 0.1) is 0 Å². The molecule has 0 saturated carbocycles. The van der Waals surface area contributed by atoms with Crippen molar-refractivity contribution in [3.63, 3.8) is 0 Å². The fourth-order valence-electron chi connectivity index (χ4n) is 4.13. The molecule has 0 N–H and O–H groups in total. The van der Waals surface area contributed by atoms with Crippen LogP contribution in [0.2, 0.25) is 0 Å². The molecule has 0 saturated heterocycles. The van der Waals surface area contributed by atoms with E-state index in [4.69, 9.17) is 0 Å². The van der Waals surface area contributed by atoms with Gasteiger partial charge in [0.15, 0.2) is 0 Å². The lowest BCUT2D eigenvalue weighted by atomic mass is 9.70. The third-order valence-corrected chi connectivity index (χ3v) is 4.96. The summed E-state index contributed by atoms with van der Waals surface area (Å²) in [5, 5.41) is 0. The van der Waals surface area contributed by atoms with Crippen LogP contribution in [0.5, 0.6) is 0 Å². The zero-order valence-electron chi connectivity index (χ0n) is 13.6. The molecule has 0 heteroatoms. The molecule has 2 aliphatic carbocycles. The van der Waals surface area contributed by atoms with Gasteiger partial charge in [-0.3, -0.25) is 0 Å². The van der Waals surface area contributed by atoms with Gasteiger partial charge in [-0.2, -0.15) is 0 Å². The zero-order chi connectivity index (χ0) is 15.3. The molecule has 2 aromatic rings. The smallest absolute Gasteiger partial charge is 0.0150 e. The number of hydrogen-bond acceptors (Lipinski definition) is 0. The van der Waals surface area contributed by atoms with Gasteiger partial charge in [-0.05, 0) is 45.2 Å². The van der Waals surface area contributed by atoms with Gasteiger partial charge in [-0.15, -0.1) is 0 Å². The summed E-state index contributed by atoms with van der Waals surface area (Å²) in [7, 11) is 0. The number of allylic oxidation sites excluding steroid dienone is 4. The number of benzene rings is 2. The molecule has 2 aromatic carbocycles. The highest BCUT2D eigenvalue weighted by molar-refractivity contribution is 6.01. The summed E-state index contributed by atoms with van der Waals surface area (Å²) in [5.41, 5.74) is 8.93. The molecule has 0 amide bonds. The molecular formula is C22H22.